The van der Waals surface area contributed by atoms with Crippen LogP contribution >= 0.6 is 0 Å². The first-order valence-electron chi connectivity index (χ1n) is 9.23. The van der Waals surface area contributed by atoms with Crippen molar-refractivity contribution in [3.8, 4) is 11.5 Å². The Labute approximate surface area is 157 Å². The molecule has 0 spiro atoms. The molecule has 0 saturated heterocycles. The molecule has 0 radical (unpaired) electrons. The van der Waals surface area contributed by atoms with Crippen molar-refractivity contribution < 1.29 is 14.4 Å². The van der Waals surface area contributed by atoms with Crippen LogP contribution in [0.15, 0.2) is 30.3 Å². The van der Waals surface area contributed by atoms with Gasteiger partial charge in [0.2, 0.25) is 0 Å². The van der Waals surface area contributed by atoms with Gasteiger partial charge in [0, 0.05) is 5.39 Å². The summed E-state index contributed by atoms with van der Waals surface area (Å²) in [7, 11) is -3.68. The van der Waals surface area contributed by atoms with E-state index in [0.29, 0.717) is 22.0 Å². The van der Waals surface area contributed by atoms with Crippen molar-refractivity contribution in [2.24, 2.45) is 0 Å². The minimum Gasteiger partial charge on any atom is -0.423 e. The van der Waals surface area contributed by atoms with Gasteiger partial charge in [0.25, 0.3) is 0 Å². The molecule has 0 aromatic heterocycles. The van der Waals surface area contributed by atoms with Crippen molar-refractivity contribution in [3.63, 3.8) is 0 Å². The molecule has 2 aromatic carbocycles. The number of hydrogen-bond acceptors (Lipinski definition) is 2. The molecule has 0 aliphatic carbocycles. The molecule has 2 rings (SSSR count). The van der Waals surface area contributed by atoms with E-state index in [-0.39, 0.29) is 11.0 Å². The van der Waals surface area contributed by atoms with Gasteiger partial charge in [-0.05, 0) is 33.5 Å². The van der Waals surface area contributed by atoms with E-state index in [1.54, 1.807) is 18.2 Å². The maximum Gasteiger partial charge on any atom is 0.489 e. The van der Waals surface area contributed by atoms with Crippen LogP contribution in [0.2, 0.25) is 16.6 Å². The quantitative estimate of drug-likeness (QED) is 0.625. The lowest BCUT2D eigenvalue weighted by Gasteiger charge is -2.38. The van der Waals surface area contributed by atoms with Crippen LogP contribution in [-0.4, -0.2) is 25.2 Å². The van der Waals surface area contributed by atoms with Crippen LogP contribution in [0.3, 0.4) is 0 Å². The Bertz CT molecular complexity index is 828. The van der Waals surface area contributed by atoms with Gasteiger partial charge in [-0.15, -0.1) is 5.54 Å². The van der Waals surface area contributed by atoms with Gasteiger partial charge in [0.1, 0.15) is 13.9 Å². The Morgan fingerprint density at radius 3 is 2.00 bits per heavy atom. The van der Waals surface area contributed by atoms with Gasteiger partial charge in [-0.25, -0.2) is 4.39 Å². The van der Waals surface area contributed by atoms with E-state index in [1.165, 1.54) is 6.07 Å². The third-order valence-electron chi connectivity index (χ3n) is 5.58. The standard InChI is InChI=1S/C21H28BFO2Si/c1-14(2)26(15(3)4,16(5)6)13-12-18-20(23)11-10-17-8-7-9-19(21(17)18)22(24)25/h7-11,14-16,24-25H,1-6H3. The van der Waals surface area contributed by atoms with Crippen LogP contribution in [0.5, 0.6) is 0 Å². The lowest BCUT2D eigenvalue weighted by molar-refractivity contribution is 0.426. The highest BCUT2D eigenvalue weighted by Gasteiger charge is 2.41. The zero-order chi connectivity index (χ0) is 19.6. The van der Waals surface area contributed by atoms with Crippen LogP contribution in [0.25, 0.3) is 10.8 Å². The van der Waals surface area contributed by atoms with Gasteiger partial charge in [0.15, 0.2) is 0 Å². The number of halogens is 1. The van der Waals surface area contributed by atoms with Crippen molar-refractivity contribution in [2.75, 3.05) is 0 Å². The van der Waals surface area contributed by atoms with Gasteiger partial charge in [-0.3, -0.25) is 0 Å². The maximum atomic E-state index is 14.7. The van der Waals surface area contributed by atoms with Crippen molar-refractivity contribution in [1.29, 1.82) is 0 Å². The molecule has 2 nitrogen and oxygen atoms in total. The largest absolute Gasteiger partial charge is 0.489 e. The summed E-state index contributed by atoms with van der Waals surface area (Å²) in [5, 5.41) is 20.7. The number of rotatable bonds is 4. The molecule has 0 unspecified atom stereocenters. The molecule has 0 atom stereocenters. The minimum atomic E-state index is -2.02. The first-order chi connectivity index (χ1) is 12.1. The summed E-state index contributed by atoms with van der Waals surface area (Å²) in [5.41, 5.74) is 5.41. The predicted molar refractivity (Wildman–Crippen MR) is 112 cm³/mol. The summed E-state index contributed by atoms with van der Waals surface area (Å²) in [6.07, 6.45) is 0. The van der Waals surface area contributed by atoms with Gasteiger partial charge in [0.05, 0.1) is 5.56 Å². The van der Waals surface area contributed by atoms with E-state index >= 15 is 0 Å². The molecular weight excluding hydrogens is 342 g/mol. The Hall–Kier alpha value is -1.61. The predicted octanol–water partition coefficient (Wildman–Crippen LogP) is 4.23. The average molecular weight is 370 g/mol. The summed E-state index contributed by atoms with van der Waals surface area (Å²) in [6.45, 7) is 13.3. The lowest BCUT2D eigenvalue weighted by Crippen LogP contribution is -2.43. The zero-order valence-corrected chi connectivity index (χ0v) is 17.5. The zero-order valence-electron chi connectivity index (χ0n) is 16.5. The van der Waals surface area contributed by atoms with E-state index in [0.717, 1.165) is 5.39 Å². The summed E-state index contributed by atoms with van der Waals surface area (Å²) < 4.78 is 14.7. The van der Waals surface area contributed by atoms with E-state index < -0.39 is 21.0 Å². The summed E-state index contributed by atoms with van der Waals surface area (Å²) in [5.74, 6) is 2.73. The normalized spacial score (nSPS) is 12.0. The summed E-state index contributed by atoms with van der Waals surface area (Å²) >= 11 is 0. The maximum absolute atomic E-state index is 14.7. The Morgan fingerprint density at radius 1 is 0.923 bits per heavy atom. The highest BCUT2D eigenvalue weighted by atomic mass is 28.3. The SMILES string of the molecule is CC(C)[Si](C#Cc1c(F)ccc2cccc(B(O)O)c12)(C(C)C)C(C)C. The monoisotopic (exact) mass is 370 g/mol. The van der Waals surface area contributed by atoms with E-state index in [4.69, 9.17) is 0 Å². The number of hydrogen-bond donors (Lipinski definition) is 2. The summed E-state index contributed by atoms with van der Waals surface area (Å²) in [6, 6.07) is 8.24. The van der Waals surface area contributed by atoms with Gasteiger partial charge >= 0.3 is 7.12 Å². The molecule has 26 heavy (non-hydrogen) atoms. The number of fused-ring (bicyclic) bond motifs is 1. The molecule has 0 aliphatic heterocycles. The van der Waals surface area contributed by atoms with Crippen LogP contribution < -0.4 is 5.46 Å². The van der Waals surface area contributed by atoms with Crippen LogP contribution in [-0.2, 0) is 0 Å². The Balaban J connectivity index is 2.80. The molecule has 0 aliphatic rings. The smallest absolute Gasteiger partial charge is 0.423 e. The first kappa shape index (κ1) is 20.7. The third-order valence-corrected chi connectivity index (χ3v) is 11.9. The molecule has 2 N–H and O–H groups in total. The molecule has 0 heterocycles. The summed E-state index contributed by atoms with van der Waals surface area (Å²) in [4.78, 5) is 0. The van der Waals surface area contributed by atoms with Crippen molar-refractivity contribution in [1.82, 2.24) is 0 Å². The highest BCUT2D eigenvalue weighted by Crippen LogP contribution is 2.40. The van der Waals surface area contributed by atoms with Gasteiger partial charge in [-0.2, -0.15) is 0 Å². The second-order valence-electron chi connectivity index (χ2n) is 7.89. The van der Waals surface area contributed by atoms with Crippen molar-refractivity contribution >= 4 is 31.4 Å². The number of benzene rings is 2. The first-order valence-corrected chi connectivity index (χ1v) is 11.5. The minimum absolute atomic E-state index is 0.269. The van der Waals surface area contributed by atoms with Gasteiger partial charge in [-0.1, -0.05) is 71.7 Å². The molecule has 0 saturated carbocycles. The van der Waals surface area contributed by atoms with E-state index in [1.807, 2.05) is 6.07 Å². The molecule has 0 bridgehead atoms. The Morgan fingerprint density at radius 2 is 1.50 bits per heavy atom. The van der Waals surface area contributed by atoms with Crippen molar-refractivity contribution in [3.05, 3.63) is 41.7 Å². The second-order valence-corrected chi connectivity index (χ2v) is 13.5. The Kier molecular flexibility index (Phi) is 6.34. The van der Waals surface area contributed by atoms with Crippen molar-refractivity contribution in [2.45, 2.75) is 58.2 Å². The van der Waals surface area contributed by atoms with E-state index in [2.05, 4.69) is 53.0 Å². The highest BCUT2D eigenvalue weighted by molar-refractivity contribution is 6.90. The van der Waals surface area contributed by atoms with E-state index in [9.17, 15) is 14.4 Å². The van der Waals surface area contributed by atoms with Crippen LogP contribution in [0.1, 0.15) is 47.1 Å². The van der Waals surface area contributed by atoms with Crippen LogP contribution in [0.4, 0.5) is 4.39 Å². The molecule has 0 fully saturated rings. The molecular formula is C21H28BFO2Si. The fraction of sp³-hybridized carbons (Fsp3) is 0.429. The molecule has 138 valence electrons. The lowest BCUT2D eigenvalue weighted by atomic mass is 9.76. The topological polar surface area (TPSA) is 40.5 Å². The molecule has 0 amide bonds. The second kappa shape index (κ2) is 7.96. The third kappa shape index (κ3) is 3.59. The van der Waals surface area contributed by atoms with Gasteiger partial charge < -0.3 is 10.0 Å². The fourth-order valence-electron chi connectivity index (χ4n) is 4.32. The molecule has 5 heteroatoms. The van der Waals surface area contributed by atoms with Crippen LogP contribution in [0, 0.1) is 17.3 Å². The fourth-order valence-corrected chi connectivity index (χ4v) is 9.53. The molecule has 2 aromatic rings. The average Bonchev–Trinajstić information content (AvgIpc) is 2.55.